The van der Waals surface area contributed by atoms with Gasteiger partial charge >= 0.3 is 39.5 Å². The van der Waals surface area contributed by atoms with E-state index in [-0.39, 0.29) is 25.7 Å². The number of ether oxygens (including phenoxy) is 4. The summed E-state index contributed by atoms with van der Waals surface area (Å²) in [5, 5.41) is 10.4. The topological polar surface area (TPSA) is 237 Å². The number of hydrogen-bond donors (Lipinski definition) is 3. The van der Waals surface area contributed by atoms with Gasteiger partial charge in [0.2, 0.25) is 0 Å². The predicted octanol–water partition coefficient (Wildman–Crippen LogP) is 12.2. The molecule has 0 saturated carbocycles. The minimum absolute atomic E-state index is 0.0980. The Labute approximate surface area is 416 Å². The van der Waals surface area contributed by atoms with Gasteiger partial charge in [-0.1, -0.05) is 176 Å². The Morgan fingerprint density at radius 1 is 0.391 bits per heavy atom. The first-order chi connectivity index (χ1) is 32.9. The van der Waals surface area contributed by atoms with Gasteiger partial charge in [0.1, 0.15) is 19.3 Å². The molecule has 2 unspecified atom stereocenters. The smallest absolute Gasteiger partial charge is 0.462 e. The number of carbonyl (C=O) groups is 4. The van der Waals surface area contributed by atoms with E-state index in [0.29, 0.717) is 37.5 Å². The standard InChI is InChI=1S/C50H96O17P2/c1-7-9-11-18-26-32-47(52)60-38-45(66-49(54)34-28-19-12-10-8-2)40-64-68(56,57)62-36-44(51)37-63-69(58,59)65-41-46(39-61-48(53)33-27-22-17-16-21-25-31-43(5)6)67-50(55)35-29-23-15-13-14-20-24-30-42(3)4/h42-46,51H,7-41H2,1-6H3,(H,56,57)(H,58,59)/t44-,45+,46+/m0/s1. The second-order valence-corrected chi connectivity index (χ2v) is 22.1. The van der Waals surface area contributed by atoms with Crippen LogP contribution in [0.5, 0.6) is 0 Å². The maximum absolute atomic E-state index is 12.8. The van der Waals surface area contributed by atoms with Crippen molar-refractivity contribution in [1.82, 2.24) is 0 Å². The van der Waals surface area contributed by atoms with Crippen LogP contribution in [0.4, 0.5) is 0 Å². The summed E-state index contributed by atoms with van der Waals surface area (Å²) in [5.74, 6) is -0.805. The molecule has 0 aliphatic rings. The Morgan fingerprint density at radius 2 is 0.667 bits per heavy atom. The third kappa shape index (κ3) is 45.7. The average Bonchev–Trinajstić information content (AvgIpc) is 3.29. The fraction of sp³-hybridized carbons (Fsp3) is 0.920. The number of aliphatic hydroxyl groups excluding tert-OH is 1. The molecule has 0 aromatic rings. The van der Waals surface area contributed by atoms with Gasteiger partial charge in [0.15, 0.2) is 12.2 Å². The number of rotatable bonds is 49. The number of esters is 4. The Hall–Kier alpha value is -1.94. The van der Waals surface area contributed by atoms with Crippen LogP contribution in [-0.4, -0.2) is 96.7 Å². The number of hydrogen-bond acceptors (Lipinski definition) is 15. The molecular weight excluding hydrogens is 934 g/mol. The highest BCUT2D eigenvalue weighted by Crippen LogP contribution is 2.45. The number of aliphatic hydroxyl groups is 1. The van der Waals surface area contributed by atoms with Crippen LogP contribution >= 0.6 is 15.6 Å². The van der Waals surface area contributed by atoms with Crippen LogP contribution in [0.2, 0.25) is 0 Å². The summed E-state index contributed by atoms with van der Waals surface area (Å²) >= 11 is 0. The van der Waals surface area contributed by atoms with Crippen molar-refractivity contribution in [3.05, 3.63) is 0 Å². The lowest BCUT2D eigenvalue weighted by molar-refractivity contribution is -0.161. The molecule has 0 spiro atoms. The zero-order chi connectivity index (χ0) is 51.6. The molecular formula is C50H96O17P2. The average molecular weight is 1030 g/mol. The van der Waals surface area contributed by atoms with Crippen LogP contribution in [0, 0.1) is 11.8 Å². The molecule has 0 radical (unpaired) electrons. The fourth-order valence-corrected chi connectivity index (χ4v) is 8.64. The quantitative estimate of drug-likeness (QED) is 0.0222. The van der Waals surface area contributed by atoms with Crippen molar-refractivity contribution in [3.8, 4) is 0 Å². The summed E-state index contributed by atoms with van der Waals surface area (Å²) in [4.78, 5) is 70.9. The van der Waals surface area contributed by atoms with Gasteiger partial charge in [-0.3, -0.25) is 37.3 Å². The first-order valence-electron chi connectivity index (χ1n) is 26.5. The third-order valence-corrected chi connectivity index (χ3v) is 13.1. The summed E-state index contributed by atoms with van der Waals surface area (Å²) in [5.41, 5.74) is 0. The molecule has 0 amide bonds. The molecule has 17 nitrogen and oxygen atoms in total. The van der Waals surface area contributed by atoms with E-state index in [0.717, 1.165) is 103 Å². The van der Waals surface area contributed by atoms with Gasteiger partial charge in [-0.25, -0.2) is 9.13 Å². The predicted molar refractivity (Wildman–Crippen MR) is 266 cm³/mol. The first-order valence-corrected chi connectivity index (χ1v) is 29.5. The van der Waals surface area contributed by atoms with Gasteiger partial charge in [-0.2, -0.15) is 0 Å². The second kappa shape index (κ2) is 43.6. The van der Waals surface area contributed by atoms with Gasteiger partial charge in [-0.15, -0.1) is 0 Å². The molecule has 0 bridgehead atoms. The molecule has 0 aromatic heterocycles. The van der Waals surface area contributed by atoms with Crippen LogP contribution < -0.4 is 0 Å². The van der Waals surface area contributed by atoms with Gasteiger partial charge < -0.3 is 33.8 Å². The van der Waals surface area contributed by atoms with E-state index in [1.54, 1.807) is 0 Å². The fourth-order valence-electron chi connectivity index (χ4n) is 7.06. The second-order valence-electron chi connectivity index (χ2n) is 19.2. The van der Waals surface area contributed by atoms with Crippen molar-refractivity contribution in [2.24, 2.45) is 11.8 Å². The monoisotopic (exact) mass is 1030 g/mol. The van der Waals surface area contributed by atoms with E-state index in [4.69, 9.17) is 37.0 Å². The van der Waals surface area contributed by atoms with E-state index in [9.17, 15) is 43.2 Å². The lowest BCUT2D eigenvalue weighted by atomic mass is 10.0. The first kappa shape index (κ1) is 67.1. The van der Waals surface area contributed by atoms with E-state index in [2.05, 4.69) is 41.5 Å². The maximum atomic E-state index is 12.8. The van der Waals surface area contributed by atoms with Crippen LogP contribution in [0.25, 0.3) is 0 Å². The maximum Gasteiger partial charge on any atom is 0.472 e. The lowest BCUT2D eigenvalue weighted by Crippen LogP contribution is -2.30. The van der Waals surface area contributed by atoms with Crippen molar-refractivity contribution in [3.63, 3.8) is 0 Å². The van der Waals surface area contributed by atoms with Gasteiger partial charge in [0.25, 0.3) is 0 Å². The minimum atomic E-state index is -4.92. The van der Waals surface area contributed by atoms with E-state index < -0.39 is 97.5 Å². The molecule has 408 valence electrons. The normalized spacial score (nSPS) is 14.8. The van der Waals surface area contributed by atoms with Crippen LogP contribution in [0.15, 0.2) is 0 Å². The Bertz CT molecular complexity index is 1400. The molecule has 0 aliphatic carbocycles. The third-order valence-electron chi connectivity index (χ3n) is 11.2. The Morgan fingerprint density at radius 3 is 0.986 bits per heavy atom. The summed E-state index contributed by atoms with van der Waals surface area (Å²) in [6.07, 6.45) is 20.8. The van der Waals surface area contributed by atoms with E-state index in [1.807, 2.05) is 0 Å². The zero-order valence-corrected chi connectivity index (χ0v) is 45.4. The number of carbonyl (C=O) groups excluding carboxylic acids is 4. The molecule has 3 N–H and O–H groups in total. The molecule has 0 heterocycles. The van der Waals surface area contributed by atoms with Gasteiger partial charge in [0.05, 0.1) is 26.4 Å². The van der Waals surface area contributed by atoms with E-state index in [1.165, 1.54) is 32.1 Å². The van der Waals surface area contributed by atoms with Gasteiger partial charge in [-0.05, 0) is 37.5 Å². The number of phosphoric acid groups is 2. The number of phosphoric ester groups is 2. The summed E-state index contributed by atoms with van der Waals surface area (Å²) < 4.78 is 66.9. The number of unbranched alkanes of at least 4 members (excludes halogenated alkanes) is 19. The summed E-state index contributed by atoms with van der Waals surface area (Å²) in [6, 6.07) is 0. The van der Waals surface area contributed by atoms with Crippen LogP contribution in [-0.2, 0) is 65.4 Å². The Kier molecular flexibility index (Phi) is 42.4. The highest BCUT2D eigenvalue weighted by atomic mass is 31.2. The summed E-state index contributed by atoms with van der Waals surface area (Å²) in [7, 11) is -9.84. The molecule has 0 rings (SSSR count). The lowest BCUT2D eigenvalue weighted by Gasteiger charge is -2.21. The molecule has 5 atom stereocenters. The molecule has 0 aliphatic heterocycles. The molecule has 19 heteroatoms. The zero-order valence-electron chi connectivity index (χ0n) is 43.6. The molecule has 69 heavy (non-hydrogen) atoms. The van der Waals surface area contributed by atoms with Crippen LogP contribution in [0.3, 0.4) is 0 Å². The van der Waals surface area contributed by atoms with E-state index >= 15 is 0 Å². The molecule has 0 fully saturated rings. The molecule has 0 saturated heterocycles. The van der Waals surface area contributed by atoms with Gasteiger partial charge in [0, 0.05) is 25.7 Å². The largest absolute Gasteiger partial charge is 0.472 e. The highest BCUT2D eigenvalue weighted by molar-refractivity contribution is 7.47. The van der Waals surface area contributed by atoms with Crippen molar-refractivity contribution in [2.75, 3.05) is 39.6 Å². The van der Waals surface area contributed by atoms with Crippen molar-refractivity contribution < 1.29 is 80.2 Å². The molecule has 0 aromatic carbocycles. The summed E-state index contributed by atoms with van der Waals surface area (Å²) in [6.45, 7) is 9.04. The van der Waals surface area contributed by atoms with Crippen LogP contribution in [0.1, 0.15) is 228 Å². The minimum Gasteiger partial charge on any atom is -0.462 e. The van der Waals surface area contributed by atoms with Crippen molar-refractivity contribution in [2.45, 2.75) is 246 Å². The van der Waals surface area contributed by atoms with Crippen molar-refractivity contribution in [1.29, 1.82) is 0 Å². The van der Waals surface area contributed by atoms with Crippen molar-refractivity contribution >= 4 is 39.5 Å². The SMILES string of the molecule is CCCCCCCC(=O)OC[C@H](COP(=O)(O)OC[C@H](O)COP(=O)(O)OC[C@@H](COC(=O)CCCCCCCCC(C)C)OC(=O)CCCCCCCCCC(C)C)OC(=O)CCCCCCC. The Balaban J connectivity index is 5.16. The highest BCUT2D eigenvalue weighted by Gasteiger charge is 2.30.